The predicted molar refractivity (Wildman–Crippen MR) is 127 cm³/mol. The van der Waals surface area contributed by atoms with Crippen LogP contribution in [-0.4, -0.2) is 40.2 Å². The van der Waals surface area contributed by atoms with Crippen molar-refractivity contribution in [3.63, 3.8) is 0 Å². The topological polar surface area (TPSA) is 138 Å². The molecule has 13 heteroatoms. The molecule has 0 bridgehead atoms. The van der Waals surface area contributed by atoms with Crippen molar-refractivity contribution < 1.29 is 23.1 Å². The molecule has 9 nitrogen and oxygen atoms in total. The highest BCUT2D eigenvalue weighted by molar-refractivity contribution is 7.93. The maximum absolute atomic E-state index is 13.1. The Kier molecular flexibility index (Phi) is 6.61. The first kappa shape index (κ1) is 23.1. The van der Waals surface area contributed by atoms with Crippen LogP contribution in [0.15, 0.2) is 58.1 Å². The van der Waals surface area contributed by atoms with Gasteiger partial charge in [0.2, 0.25) is 0 Å². The molecule has 170 valence electrons. The molecule has 3 N–H and O–H groups in total. The van der Waals surface area contributed by atoms with Crippen LogP contribution < -0.4 is 10.0 Å². The summed E-state index contributed by atoms with van der Waals surface area (Å²) < 4.78 is 36.6. The van der Waals surface area contributed by atoms with Crippen molar-refractivity contribution >= 4 is 73.3 Å². The van der Waals surface area contributed by atoms with E-state index in [0.29, 0.717) is 5.52 Å². The van der Waals surface area contributed by atoms with Crippen LogP contribution in [0, 0.1) is 0 Å². The zero-order valence-electron chi connectivity index (χ0n) is 16.6. The highest BCUT2D eigenvalue weighted by Gasteiger charge is 2.26. The third-order valence-electron chi connectivity index (χ3n) is 4.63. The third kappa shape index (κ3) is 5.14. The fourth-order valence-corrected chi connectivity index (χ4v) is 5.77. The summed E-state index contributed by atoms with van der Waals surface area (Å²) in [6, 6.07) is 9.11. The van der Waals surface area contributed by atoms with Gasteiger partial charge in [0.05, 0.1) is 23.0 Å². The summed E-state index contributed by atoms with van der Waals surface area (Å²) in [6.45, 7) is 0. The molecule has 0 aliphatic rings. The summed E-state index contributed by atoms with van der Waals surface area (Å²) in [7, 11) is -4.17. The number of carboxylic acid groups (broad SMARTS) is 1. The number of rotatable bonds is 8. The van der Waals surface area contributed by atoms with Gasteiger partial charge in [-0.15, -0.1) is 0 Å². The van der Waals surface area contributed by atoms with Crippen LogP contribution >= 0.6 is 34.7 Å². The second kappa shape index (κ2) is 9.43. The van der Waals surface area contributed by atoms with E-state index in [4.69, 9.17) is 11.6 Å². The summed E-state index contributed by atoms with van der Waals surface area (Å²) in [5, 5.41) is 15.8. The number of amides is 1. The molecule has 0 aliphatic heterocycles. The van der Waals surface area contributed by atoms with Crippen LogP contribution in [0.4, 0.5) is 5.69 Å². The van der Waals surface area contributed by atoms with Gasteiger partial charge in [-0.05, 0) is 52.7 Å². The van der Waals surface area contributed by atoms with Crippen molar-refractivity contribution in [2.24, 2.45) is 0 Å². The van der Waals surface area contributed by atoms with Crippen molar-refractivity contribution in [1.82, 2.24) is 14.1 Å². The lowest BCUT2D eigenvalue weighted by molar-refractivity contribution is -0.139. The molecule has 0 radical (unpaired) electrons. The average Bonchev–Trinajstić information content (AvgIpc) is 3.44. The summed E-state index contributed by atoms with van der Waals surface area (Å²) in [4.78, 5) is 24.5. The largest absolute Gasteiger partial charge is 0.480 e. The number of carbonyl (C=O) groups excluding carboxylic acids is 1. The first-order valence-corrected chi connectivity index (χ1v) is 12.9. The van der Waals surface area contributed by atoms with Crippen LogP contribution in [0.3, 0.4) is 0 Å². The predicted octanol–water partition coefficient (Wildman–Crippen LogP) is 3.63. The molecule has 2 aromatic carbocycles. The highest BCUT2D eigenvalue weighted by Crippen LogP contribution is 2.27. The van der Waals surface area contributed by atoms with Gasteiger partial charge in [0, 0.05) is 11.4 Å². The number of aromatic nitrogens is 2. The Labute approximate surface area is 201 Å². The summed E-state index contributed by atoms with van der Waals surface area (Å²) >= 11 is 8.34. The number of fused-ring (bicyclic) bond motifs is 1. The number of halogens is 1. The van der Waals surface area contributed by atoms with Gasteiger partial charge in [0.1, 0.15) is 22.0 Å². The normalized spacial score (nSPS) is 12.4. The van der Waals surface area contributed by atoms with E-state index in [1.165, 1.54) is 41.7 Å². The molecule has 1 unspecified atom stereocenters. The lowest BCUT2D eigenvalue weighted by Crippen LogP contribution is -2.42. The number of sulfonamides is 1. The lowest BCUT2D eigenvalue weighted by Gasteiger charge is -2.17. The third-order valence-corrected chi connectivity index (χ3v) is 7.54. The zero-order valence-corrected chi connectivity index (χ0v) is 19.8. The number of anilines is 1. The number of nitrogens with zero attached hydrogens (tertiary/aromatic N) is 2. The van der Waals surface area contributed by atoms with Gasteiger partial charge in [0.15, 0.2) is 0 Å². The van der Waals surface area contributed by atoms with E-state index < -0.39 is 27.9 Å². The lowest BCUT2D eigenvalue weighted by atomic mass is 10.1. The van der Waals surface area contributed by atoms with Crippen molar-refractivity contribution in [1.29, 1.82) is 0 Å². The van der Waals surface area contributed by atoms with Crippen molar-refractivity contribution in [3.05, 3.63) is 69.4 Å². The SMILES string of the molecule is O=C(NC(Cc1ccsc1)C(=O)O)c1ccc(Cl)cc1NS(=O)(=O)c1cccc2nsnc12. The smallest absolute Gasteiger partial charge is 0.326 e. The molecule has 2 heterocycles. The highest BCUT2D eigenvalue weighted by atomic mass is 35.5. The number of carbonyl (C=O) groups is 2. The molecule has 4 aromatic rings. The van der Waals surface area contributed by atoms with Crippen LogP contribution in [0.2, 0.25) is 5.02 Å². The number of thiophene rings is 1. The molecule has 4 rings (SSSR count). The van der Waals surface area contributed by atoms with E-state index in [0.717, 1.165) is 17.3 Å². The Morgan fingerprint density at radius 3 is 2.70 bits per heavy atom. The first-order valence-electron chi connectivity index (χ1n) is 9.33. The Bertz CT molecular complexity index is 1440. The molecule has 0 fully saturated rings. The minimum absolute atomic E-state index is 0.0804. The van der Waals surface area contributed by atoms with E-state index in [1.807, 2.05) is 0 Å². The maximum atomic E-state index is 13.1. The van der Waals surface area contributed by atoms with E-state index in [1.54, 1.807) is 22.9 Å². The molecular formula is C20H15ClN4O5S3. The van der Waals surface area contributed by atoms with Gasteiger partial charge < -0.3 is 10.4 Å². The molecule has 0 aliphatic carbocycles. The summed E-state index contributed by atoms with van der Waals surface area (Å²) in [5.41, 5.74) is 1.20. The van der Waals surface area contributed by atoms with E-state index >= 15 is 0 Å². The molecule has 0 saturated carbocycles. The fraction of sp³-hybridized carbons (Fsp3) is 0.100. The Morgan fingerprint density at radius 2 is 1.97 bits per heavy atom. The standard InChI is InChI=1S/C20H15ClN4O5S3/c21-12-4-5-13(19(26)22-16(20(27)28)8-11-6-7-31-10-11)15(9-12)25-33(29,30)17-3-1-2-14-18(17)24-32-23-14/h1-7,9-10,16,25H,8H2,(H,22,26)(H,27,28). The van der Waals surface area contributed by atoms with Crippen LogP contribution in [0.1, 0.15) is 15.9 Å². The molecule has 0 saturated heterocycles. The minimum Gasteiger partial charge on any atom is -0.480 e. The van der Waals surface area contributed by atoms with Gasteiger partial charge in [-0.1, -0.05) is 17.7 Å². The van der Waals surface area contributed by atoms with E-state index in [-0.39, 0.29) is 33.1 Å². The second-order valence-corrected chi connectivity index (χ2v) is 10.3. The monoisotopic (exact) mass is 522 g/mol. The maximum Gasteiger partial charge on any atom is 0.326 e. The number of aliphatic carboxylic acids is 1. The molecule has 2 aromatic heterocycles. The van der Waals surface area contributed by atoms with Crippen molar-refractivity contribution in [2.75, 3.05) is 4.72 Å². The van der Waals surface area contributed by atoms with Gasteiger partial charge in [0.25, 0.3) is 15.9 Å². The van der Waals surface area contributed by atoms with E-state index in [9.17, 15) is 23.1 Å². The van der Waals surface area contributed by atoms with Gasteiger partial charge in [-0.3, -0.25) is 9.52 Å². The van der Waals surface area contributed by atoms with Gasteiger partial charge >= 0.3 is 5.97 Å². The summed E-state index contributed by atoms with van der Waals surface area (Å²) in [5.74, 6) is -1.98. The number of nitrogens with one attached hydrogen (secondary N) is 2. The van der Waals surface area contributed by atoms with Gasteiger partial charge in [-0.2, -0.15) is 20.1 Å². The van der Waals surface area contributed by atoms with Crippen LogP contribution in [-0.2, 0) is 21.2 Å². The van der Waals surface area contributed by atoms with Crippen molar-refractivity contribution in [3.8, 4) is 0 Å². The second-order valence-electron chi connectivity index (χ2n) is 6.88. The quantitative estimate of drug-likeness (QED) is 0.321. The first-order chi connectivity index (χ1) is 15.7. The van der Waals surface area contributed by atoms with E-state index in [2.05, 4.69) is 18.8 Å². The number of carboxylic acids is 1. The Morgan fingerprint density at radius 1 is 1.15 bits per heavy atom. The molecule has 1 amide bonds. The van der Waals surface area contributed by atoms with Crippen LogP contribution in [0.25, 0.3) is 11.0 Å². The average molecular weight is 523 g/mol. The molecular weight excluding hydrogens is 508 g/mol. The number of hydrogen-bond acceptors (Lipinski definition) is 8. The minimum atomic E-state index is -4.17. The number of benzene rings is 2. The van der Waals surface area contributed by atoms with Gasteiger partial charge in [-0.25, -0.2) is 13.2 Å². The Balaban J connectivity index is 1.64. The van der Waals surface area contributed by atoms with Crippen molar-refractivity contribution in [2.45, 2.75) is 17.4 Å². The molecule has 0 spiro atoms. The number of hydrogen-bond donors (Lipinski definition) is 3. The fourth-order valence-electron chi connectivity index (χ4n) is 3.08. The molecule has 33 heavy (non-hydrogen) atoms. The zero-order chi connectivity index (χ0) is 23.6. The van der Waals surface area contributed by atoms with Crippen LogP contribution in [0.5, 0.6) is 0 Å². The summed E-state index contributed by atoms with van der Waals surface area (Å²) in [6.07, 6.45) is 0.0814. The Hall–Kier alpha value is -3.06. The molecule has 1 atom stereocenters.